The van der Waals surface area contributed by atoms with Gasteiger partial charge in [-0.3, -0.25) is 19.4 Å². The minimum Gasteiger partial charge on any atom is -0.351 e. The molecule has 2 amide bonds. The molecule has 0 fully saturated rings. The number of Topliss-reactive ketones (excluding diaryl/α,β-unsaturated/α-hetero) is 1. The zero-order chi connectivity index (χ0) is 18.9. The molecule has 136 valence electrons. The number of amides is 2. The van der Waals surface area contributed by atoms with Gasteiger partial charge in [-0.15, -0.1) is 0 Å². The number of unbranched alkanes of at least 4 members (excludes halogenated alkanes) is 2. The number of aromatic nitrogens is 1. The number of carbonyl (C=O) groups excluding carboxylic acids is 3. The Kier molecular flexibility index (Phi) is 7.02. The minimum atomic E-state index is -0.367. The number of carbonyl (C=O) groups is 3. The topological polar surface area (TPSA) is 88.2 Å². The van der Waals surface area contributed by atoms with Crippen molar-refractivity contribution < 1.29 is 14.4 Å². The molecule has 1 heterocycles. The molecule has 0 spiro atoms. The van der Waals surface area contributed by atoms with Crippen LogP contribution in [0.3, 0.4) is 0 Å². The van der Waals surface area contributed by atoms with Crippen LogP contribution in [0.25, 0.3) is 0 Å². The van der Waals surface area contributed by atoms with Crippen LogP contribution in [0, 0.1) is 0 Å². The van der Waals surface area contributed by atoms with Crippen molar-refractivity contribution in [1.29, 1.82) is 0 Å². The van der Waals surface area contributed by atoms with Crippen LogP contribution in [0.4, 0.5) is 5.69 Å². The zero-order valence-corrected chi connectivity index (χ0v) is 15.0. The molecule has 0 radical (unpaired) electrons. The Labute approximate surface area is 153 Å². The summed E-state index contributed by atoms with van der Waals surface area (Å²) in [7, 11) is 0. The van der Waals surface area contributed by atoms with E-state index in [-0.39, 0.29) is 23.3 Å². The second-order valence-corrected chi connectivity index (χ2v) is 5.98. The highest BCUT2D eigenvalue weighted by Gasteiger charge is 2.12. The summed E-state index contributed by atoms with van der Waals surface area (Å²) in [5, 5.41) is 5.53. The Morgan fingerprint density at radius 2 is 1.81 bits per heavy atom. The summed E-state index contributed by atoms with van der Waals surface area (Å²) in [6.45, 7) is 4.15. The van der Waals surface area contributed by atoms with Gasteiger partial charge in [-0.2, -0.15) is 0 Å². The molecule has 0 bridgehead atoms. The van der Waals surface area contributed by atoms with E-state index in [2.05, 4.69) is 22.5 Å². The summed E-state index contributed by atoms with van der Waals surface area (Å²) in [5.74, 6) is -0.741. The summed E-state index contributed by atoms with van der Waals surface area (Å²) in [4.78, 5) is 40.0. The Bertz CT molecular complexity index is 802. The highest BCUT2D eigenvalue weighted by molar-refractivity contribution is 6.06. The molecule has 26 heavy (non-hydrogen) atoms. The van der Waals surface area contributed by atoms with Crippen molar-refractivity contribution in [3.05, 3.63) is 59.4 Å². The molecule has 0 aliphatic rings. The lowest BCUT2D eigenvalue weighted by Crippen LogP contribution is -2.25. The maximum atomic E-state index is 12.4. The summed E-state index contributed by atoms with van der Waals surface area (Å²) >= 11 is 0. The number of ketones is 1. The van der Waals surface area contributed by atoms with Gasteiger partial charge in [0.25, 0.3) is 11.8 Å². The van der Waals surface area contributed by atoms with Crippen molar-refractivity contribution in [3.8, 4) is 0 Å². The normalized spacial score (nSPS) is 10.2. The largest absolute Gasteiger partial charge is 0.351 e. The van der Waals surface area contributed by atoms with E-state index in [1.165, 1.54) is 25.3 Å². The first-order valence-corrected chi connectivity index (χ1v) is 8.68. The quantitative estimate of drug-likeness (QED) is 0.562. The van der Waals surface area contributed by atoms with Crippen LogP contribution in [-0.4, -0.2) is 29.1 Å². The number of rotatable bonds is 8. The maximum absolute atomic E-state index is 12.4. The molecular formula is C20H23N3O3. The van der Waals surface area contributed by atoms with E-state index < -0.39 is 0 Å². The number of benzene rings is 1. The van der Waals surface area contributed by atoms with Gasteiger partial charge >= 0.3 is 0 Å². The van der Waals surface area contributed by atoms with E-state index >= 15 is 0 Å². The van der Waals surface area contributed by atoms with E-state index in [1.807, 2.05) is 0 Å². The van der Waals surface area contributed by atoms with Crippen molar-refractivity contribution in [2.75, 3.05) is 11.9 Å². The highest BCUT2D eigenvalue weighted by atomic mass is 16.2. The molecule has 2 rings (SSSR count). The first kappa shape index (κ1) is 19.3. The molecule has 6 heteroatoms. The lowest BCUT2D eigenvalue weighted by atomic mass is 10.1. The first-order chi connectivity index (χ1) is 12.5. The van der Waals surface area contributed by atoms with Crippen LogP contribution in [0.15, 0.2) is 42.6 Å². The van der Waals surface area contributed by atoms with Crippen LogP contribution in [0.1, 0.15) is 64.3 Å². The summed E-state index contributed by atoms with van der Waals surface area (Å²) in [6.07, 6.45) is 4.47. The lowest BCUT2D eigenvalue weighted by molar-refractivity contribution is 0.0947. The number of hydrogen-bond donors (Lipinski definition) is 2. The van der Waals surface area contributed by atoms with Gasteiger partial charge in [0.15, 0.2) is 5.78 Å². The predicted octanol–water partition coefficient (Wildman–Crippen LogP) is 3.46. The van der Waals surface area contributed by atoms with Crippen LogP contribution < -0.4 is 10.6 Å². The number of pyridine rings is 1. The van der Waals surface area contributed by atoms with Crippen LogP contribution in [0.2, 0.25) is 0 Å². The molecule has 1 aromatic carbocycles. The highest BCUT2D eigenvalue weighted by Crippen LogP contribution is 2.13. The minimum absolute atomic E-state index is 0.0768. The van der Waals surface area contributed by atoms with Crippen molar-refractivity contribution >= 4 is 23.3 Å². The second kappa shape index (κ2) is 9.46. The Balaban J connectivity index is 2.04. The monoisotopic (exact) mass is 353 g/mol. The molecule has 0 unspecified atom stereocenters. The molecule has 0 saturated heterocycles. The molecule has 0 atom stereocenters. The molecular weight excluding hydrogens is 330 g/mol. The van der Waals surface area contributed by atoms with Crippen molar-refractivity contribution in [2.45, 2.75) is 33.1 Å². The third-order valence-electron chi connectivity index (χ3n) is 3.85. The van der Waals surface area contributed by atoms with Gasteiger partial charge in [-0.1, -0.05) is 31.9 Å². The van der Waals surface area contributed by atoms with Crippen LogP contribution in [0.5, 0.6) is 0 Å². The van der Waals surface area contributed by atoms with Gasteiger partial charge in [0, 0.05) is 29.6 Å². The fraction of sp³-hybridized carbons (Fsp3) is 0.300. The fourth-order valence-electron chi connectivity index (χ4n) is 2.38. The maximum Gasteiger partial charge on any atom is 0.269 e. The third-order valence-corrected chi connectivity index (χ3v) is 3.85. The van der Waals surface area contributed by atoms with E-state index in [0.29, 0.717) is 23.4 Å². The first-order valence-electron chi connectivity index (χ1n) is 8.68. The molecule has 0 saturated carbocycles. The Morgan fingerprint density at radius 1 is 1.00 bits per heavy atom. The Hall–Kier alpha value is -3.02. The zero-order valence-electron chi connectivity index (χ0n) is 15.0. The van der Waals surface area contributed by atoms with Crippen LogP contribution >= 0.6 is 0 Å². The molecule has 1 aromatic heterocycles. The van der Waals surface area contributed by atoms with E-state index in [9.17, 15) is 14.4 Å². The molecule has 0 aliphatic heterocycles. The second-order valence-electron chi connectivity index (χ2n) is 5.98. The van der Waals surface area contributed by atoms with E-state index in [0.717, 1.165) is 19.3 Å². The molecule has 2 aromatic rings. The fourth-order valence-corrected chi connectivity index (χ4v) is 2.38. The van der Waals surface area contributed by atoms with Gasteiger partial charge in [0.05, 0.1) is 0 Å². The van der Waals surface area contributed by atoms with Gasteiger partial charge in [0.2, 0.25) is 0 Å². The summed E-state index contributed by atoms with van der Waals surface area (Å²) in [6, 6.07) is 9.70. The summed E-state index contributed by atoms with van der Waals surface area (Å²) < 4.78 is 0. The molecule has 2 N–H and O–H groups in total. The average molecular weight is 353 g/mol. The van der Waals surface area contributed by atoms with Gasteiger partial charge in [0.1, 0.15) is 5.69 Å². The van der Waals surface area contributed by atoms with Crippen molar-refractivity contribution in [1.82, 2.24) is 10.3 Å². The van der Waals surface area contributed by atoms with E-state index in [4.69, 9.17) is 0 Å². The van der Waals surface area contributed by atoms with Gasteiger partial charge in [-0.05, 0) is 37.6 Å². The van der Waals surface area contributed by atoms with Gasteiger partial charge < -0.3 is 10.6 Å². The number of hydrogen-bond acceptors (Lipinski definition) is 4. The smallest absolute Gasteiger partial charge is 0.269 e. The van der Waals surface area contributed by atoms with Crippen LogP contribution in [-0.2, 0) is 0 Å². The van der Waals surface area contributed by atoms with E-state index in [1.54, 1.807) is 24.3 Å². The Morgan fingerprint density at radius 3 is 2.54 bits per heavy atom. The lowest BCUT2D eigenvalue weighted by Gasteiger charge is -2.08. The molecule has 0 aliphatic carbocycles. The molecule has 6 nitrogen and oxygen atoms in total. The van der Waals surface area contributed by atoms with Crippen molar-refractivity contribution in [2.24, 2.45) is 0 Å². The number of anilines is 1. The van der Waals surface area contributed by atoms with Crippen molar-refractivity contribution in [3.63, 3.8) is 0 Å². The predicted molar refractivity (Wildman–Crippen MR) is 100 cm³/mol. The number of nitrogens with one attached hydrogen (secondary N) is 2. The average Bonchev–Trinajstić information content (AvgIpc) is 2.65. The standard InChI is InChI=1S/C20H23N3O3/c1-3-4-5-10-22-20(26)18-13-16(9-11-21-18)19(25)23-17-8-6-7-15(12-17)14(2)24/h6-9,11-13H,3-5,10H2,1-2H3,(H,22,26)(H,23,25). The number of nitrogens with zero attached hydrogens (tertiary/aromatic N) is 1. The SMILES string of the molecule is CCCCCNC(=O)c1cc(C(=O)Nc2cccc(C(C)=O)c2)ccn1. The third kappa shape index (κ3) is 5.51. The summed E-state index contributed by atoms with van der Waals surface area (Å²) in [5.41, 5.74) is 1.56. The van der Waals surface area contributed by atoms with Gasteiger partial charge in [-0.25, -0.2) is 0 Å².